The summed E-state index contributed by atoms with van der Waals surface area (Å²) in [5, 5.41) is 8.00. The van der Waals surface area contributed by atoms with Gasteiger partial charge in [0.2, 0.25) is 5.69 Å². The lowest BCUT2D eigenvalue weighted by atomic mass is 9.88. The number of hydrogen-bond donors (Lipinski definition) is 0. The van der Waals surface area contributed by atoms with Crippen LogP contribution in [0.15, 0.2) is 91.1 Å². The number of rotatable bonds is 2. The van der Waals surface area contributed by atoms with Gasteiger partial charge in [0.1, 0.15) is 0 Å². The molecule has 0 spiro atoms. The zero-order valence-electron chi connectivity index (χ0n) is 18.1. The third-order valence-corrected chi connectivity index (χ3v) is 7.33. The van der Waals surface area contributed by atoms with Gasteiger partial charge in [-0.3, -0.25) is 0 Å². The van der Waals surface area contributed by atoms with Gasteiger partial charge < -0.3 is 0 Å². The minimum atomic E-state index is -0.0324. The van der Waals surface area contributed by atoms with Gasteiger partial charge in [0.05, 0.1) is 10.9 Å². The number of nitrogens with zero attached hydrogens (tertiary/aromatic N) is 1. The third kappa shape index (κ3) is 2.47. The van der Waals surface area contributed by atoms with Crippen molar-refractivity contribution in [2.75, 3.05) is 0 Å². The molecule has 1 aliphatic heterocycles. The van der Waals surface area contributed by atoms with Crippen molar-refractivity contribution >= 4 is 38.4 Å². The third-order valence-electron chi connectivity index (χ3n) is 7.33. The summed E-state index contributed by atoms with van der Waals surface area (Å²) in [6.07, 6.45) is 9.21. The van der Waals surface area contributed by atoms with Gasteiger partial charge in [0, 0.05) is 24.3 Å². The summed E-state index contributed by atoms with van der Waals surface area (Å²) in [5.41, 5.74) is 3.91. The molecule has 0 amide bonds. The van der Waals surface area contributed by atoms with Crippen LogP contribution in [0.2, 0.25) is 0 Å². The molecule has 0 N–H and O–H groups in total. The van der Waals surface area contributed by atoms with Gasteiger partial charge in [-0.15, -0.1) is 0 Å². The quantitative estimate of drug-likeness (QED) is 0.212. The van der Waals surface area contributed by atoms with E-state index in [4.69, 9.17) is 0 Å². The Balaban J connectivity index is 1.93. The summed E-state index contributed by atoms with van der Waals surface area (Å²) in [6, 6.07) is 28.9. The molecule has 150 valence electrons. The highest BCUT2D eigenvalue weighted by atomic mass is 15.1. The summed E-state index contributed by atoms with van der Waals surface area (Å²) >= 11 is 0. The Hall–Kier alpha value is -3.45. The first-order chi connectivity index (χ1) is 15.3. The van der Waals surface area contributed by atoms with Gasteiger partial charge in [0.25, 0.3) is 0 Å². The van der Waals surface area contributed by atoms with Crippen LogP contribution in [0.3, 0.4) is 0 Å². The molecular weight excluding hydrogens is 374 g/mol. The molecule has 0 atom stereocenters. The lowest BCUT2D eigenvalue weighted by Crippen LogP contribution is -2.55. The van der Waals surface area contributed by atoms with Crippen LogP contribution in [0, 0.1) is 0 Å². The second-order valence-corrected chi connectivity index (χ2v) is 8.65. The molecule has 0 fully saturated rings. The Morgan fingerprint density at radius 1 is 0.645 bits per heavy atom. The first kappa shape index (κ1) is 18.3. The SMILES string of the molecule is CCC1(CC)C=Cc2ccccc2-c2c3c4ccccc4c4ccccc4c3cc[n+]21. The van der Waals surface area contributed by atoms with E-state index in [1.54, 1.807) is 0 Å². The molecule has 2 heterocycles. The molecule has 31 heavy (non-hydrogen) atoms. The lowest BCUT2D eigenvalue weighted by Gasteiger charge is -2.25. The van der Waals surface area contributed by atoms with E-state index in [0.29, 0.717) is 0 Å². The minimum absolute atomic E-state index is 0.0324. The van der Waals surface area contributed by atoms with E-state index in [9.17, 15) is 0 Å². The van der Waals surface area contributed by atoms with Crippen molar-refractivity contribution in [3.05, 3.63) is 96.7 Å². The first-order valence-electron chi connectivity index (χ1n) is 11.3. The van der Waals surface area contributed by atoms with Gasteiger partial charge in [-0.05, 0) is 39.3 Å². The number of aromatic nitrogens is 1. The highest BCUT2D eigenvalue weighted by molar-refractivity contribution is 6.27. The van der Waals surface area contributed by atoms with Crippen molar-refractivity contribution in [3.8, 4) is 11.3 Å². The van der Waals surface area contributed by atoms with Crippen molar-refractivity contribution in [1.82, 2.24) is 0 Å². The van der Waals surface area contributed by atoms with E-state index in [0.717, 1.165) is 12.8 Å². The van der Waals surface area contributed by atoms with Crippen LogP contribution in [0.4, 0.5) is 0 Å². The van der Waals surface area contributed by atoms with E-state index in [2.05, 4.69) is 116 Å². The Bertz CT molecular complexity index is 1470. The fraction of sp³-hybridized carbons (Fsp3) is 0.167. The largest absolute Gasteiger partial charge is 0.222 e. The zero-order valence-corrected chi connectivity index (χ0v) is 18.1. The fourth-order valence-corrected chi connectivity index (χ4v) is 5.59. The first-order valence-corrected chi connectivity index (χ1v) is 11.3. The molecule has 5 aromatic rings. The van der Waals surface area contributed by atoms with Gasteiger partial charge in [-0.1, -0.05) is 86.7 Å². The molecule has 4 aromatic carbocycles. The Kier molecular flexibility index (Phi) is 4.01. The number of hydrogen-bond acceptors (Lipinski definition) is 0. The molecule has 0 aliphatic carbocycles. The summed E-state index contributed by atoms with van der Waals surface area (Å²) in [7, 11) is 0. The van der Waals surface area contributed by atoms with E-state index in [1.165, 1.54) is 49.1 Å². The highest BCUT2D eigenvalue weighted by Gasteiger charge is 2.39. The maximum absolute atomic E-state index is 2.55. The molecule has 0 unspecified atom stereocenters. The molecule has 0 bridgehead atoms. The second-order valence-electron chi connectivity index (χ2n) is 8.65. The van der Waals surface area contributed by atoms with Crippen molar-refractivity contribution < 1.29 is 4.57 Å². The standard InChI is InChI=1S/C30H26N/c1-3-30(4-2)19-17-21-11-5-6-12-22(21)29-28-26-16-10-9-14-24(26)23-13-7-8-15-25(23)27(28)18-20-31(29)30/h5-20H,3-4H2,1-2H3/q+1. The topological polar surface area (TPSA) is 3.88 Å². The van der Waals surface area contributed by atoms with E-state index in [1.807, 2.05) is 0 Å². The van der Waals surface area contributed by atoms with Crippen molar-refractivity contribution in [2.45, 2.75) is 32.2 Å². The average molecular weight is 401 g/mol. The minimum Gasteiger partial charge on any atom is -0.189 e. The molecule has 1 heteroatoms. The summed E-state index contributed by atoms with van der Waals surface area (Å²) in [5.74, 6) is 0. The molecule has 1 aliphatic rings. The van der Waals surface area contributed by atoms with Gasteiger partial charge in [-0.2, -0.15) is 4.57 Å². The van der Waals surface area contributed by atoms with Crippen LogP contribution in [-0.2, 0) is 5.54 Å². The molecule has 1 aromatic heterocycles. The summed E-state index contributed by atoms with van der Waals surface area (Å²) in [6.45, 7) is 4.62. The van der Waals surface area contributed by atoms with Crippen LogP contribution in [0.5, 0.6) is 0 Å². The maximum atomic E-state index is 2.55. The van der Waals surface area contributed by atoms with Crippen LogP contribution in [0.1, 0.15) is 32.3 Å². The van der Waals surface area contributed by atoms with Crippen LogP contribution >= 0.6 is 0 Å². The Morgan fingerprint density at radius 3 is 1.87 bits per heavy atom. The lowest BCUT2D eigenvalue weighted by molar-refractivity contribution is -0.742. The summed E-state index contributed by atoms with van der Waals surface area (Å²) < 4.78 is 2.55. The number of pyridine rings is 1. The van der Waals surface area contributed by atoms with Crippen LogP contribution in [-0.4, -0.2) is 0 Å². The average Bonchev–Trinajstić information content (AvgIpc) is 2.99. The van der Waals surface area contributed by atoms with Gasteiger partial charge in [-0.25, -0.2) is 0 Å². The zero-order chi connectivity index (χ0) is 21.0. The fourth-order valence-electron chi connectivity index (χ4n) is 5.59. The molecule has 0 radical (unpaired) electrons. The van der Waals surface area contributed by atoms with Crippen molar-refractivity contribution in [1.29, 1.82) is 0 Å². The molecule has 0 saturated heterocycles. The van der Waals surface area contributed by atoms with E-state index < -0.39 is 0 Å². The molecule has 0 saturated carbocycles. The number of fused-ring (bicyclic) bond motifs is 10. The van der Waals surface area contributed by atoms with Gasteiger partial charge >= 0.3 is 0 Å². The van der Waals surface area contributed by atoms with E-state index in [-0.39, 0.29) is 5.54 Å². The molecule has 1 nitrogen and oxygen atoms in total. The predicted molar refractivity (Wildman–Crippen MR) is 132 cm³/mol. The second kappa shape index (κ2) is 6.78. The highest BCUT2D eigenvalue weighted by Crippen LogP contribution is 2.42. The number of allylic oxidation sites excluding steroid dienone is 1. The van der Waals surface area contributed by atoms with Crippen molar-refractivity contribution in [2.24, 2.45) is 0 Å². The van der Waals surface area contributed by atoms with Crippen molar-refractivity contribution in [3.63, 3.8) is 0 Å². The van der Waals surface area contributed by atoms with Gasteiger partial charge in [0.15, 0.2) is 11.7 Å². The van der Waals surface area contributed by atoms with E-state index >= 15 is 0 Å². The monoisotopic (exact) mass is 400 g/mol. The molecule has 6 rings (SSSR count). The van der Waals surface area contributed by atoms with Crippen LogP contribution < -0.4 is 4.57 Å². The molecular formula is C30H26N+. The maximum Gasteiger partial charge on any atom is 0.222 e. The normalized spacial score (nSPS) is 14.5. The Labute approximate surface area is 183 Å². The summed E-state index contributed by atoms with van der Waals surface area (Å²) in [4.78, 5) is 0. The smallest absolute Gasteiger partial charge is 0.189 e. The Morgan fingerprint density at radius 2 is 1.19 bits per heavy atom. The number of benzene rings is 4. The predicted octanol–water partition coefficient (Wildman–Crippen LogP) is 7.64. The van der Waals surface area contributed by atoms with Crippen LogP contribution in [0.25, 0.3) is 49.7 Å².